The lowest BCUT2D eigenvalue weighted by Crippen LogP contribution is -2.15. The van der Waals surface area contributed by atoms with Gasteiger partial charge in [-0.15, -0.1) is 0 Å². The van der Waals surface area contributed by atoms with Crippen molar-refractivity contribution in [2.24, 2.45) is 0 Å². The summed E-state index contributed by atoms with van der Waals surface area (Å²) in [6.07, 6.45) is 4.05. The summed E-state index contributed by atoms with van der Waals surface area (Å²) in [4.78, 5) is 21.3. The van der Waals surface area contributed by atoms with Crippen LogP contribution in [0, 0.1) is 6.92 Å². The summed E-state index contributed by atoms with van der Waals surface area (Å²) in [5.41, 5.74) is 3.61. The van der Waals surface area contributed by atoms with Crippen LogP contribution in [0.4, 0.5) is 5.69 Å². The van der Waals surface area contributed by atoms with Gasteiger partial charge >= 0.3 is 0 Å². The van der Waals surface area contributed by atoms with E-state index >= 15 is 0 Å². The monoisotopic (exact) mass is 347 g/mol. The first-order chi connectivity index (χ1) is 12.7. The molecular weight excluding hydrogens is 330 g/mol. The maximum atomic E-state index is 12.7. The highest BCUT2D eigenvalue weighted by Crippen LogP contribution is 2.24. The van der Waals surface area contributed by atoms with Gasteiger partial charge in [0.25, 0.3) is 5.91 Å². The lowest BCUT2D eigenvalue weighted by Gasteiger charge is -2.09. The maximum absolute atomic E-state index is 12.7. The van der Waals surface area contributed by atoms with E-state index < -0.39 is 0 Å². The third-order valence-corrected chi connectivity index (χ3v) is 4.16. The molecule has 0 aliphatic heterocycles. The molecule has 0 aliphatic carbocycles. The Labute approximate surface area is 149 Å². The standard InChI is InChI=1S/C19H17N5O2/c1-3-17-22-18(23-26-17)13-8-7-12(2)14(10-13)21-19(25)15-11-20-16-6-4-5-9-24(15)16/h4-11H,3H2,1-2H3,(H,21,25). The molecule has 0 unspecified atom stereocenters. The van der Waals surface area contributed by atoms with E-state index in [1.165, 1.54) is 0 Å². The Morgan fingerprint density at radius 1 is 1.27 bits per heavy atom. The predicted molar refractivity (Wildman–Crippen MR) is 97.0 cm³/mol. The Hall–Kier alpha value is -3.48. The molecule has 0 fully saturated rings. The average molecular weight is 347 g/mol. The molecule has 1 aromatic carbocycles. The van der Waals surface area contributed by atoms with Crippen LogP contribution >= 0.6 is 0 Å². The molecule has 0 aliphatic rings. The number of pyridine rings is 1. The van der Waals surface area contributed by atoms with Crippen molar-refractivity contribution in [3.8, 4) is 11.4 Å². The van der Waals surface area contributed by atoms with Crippen LogP contribution in [0.25, 0.3) is 17.0 Å². The van der Waals surface area contributed by atoms with Crippen molar-refractivity contribution < 1.29 is 9.32 Å². The van der Waals surface area contributed by atoms with E-state index in [1.54, 1.807) is 10.6 Å². The van der Waals surface area contributed by atoms with E-state index in [0.29, 0.717) is 29.5 Å². The van der Waals surface area contributed by atoms with Gasteiger partial charge in [0.05, 0.1) is 6.20 Å². The minimum absolute atomic E-state index is 0.230. The zero-order valence-electron chi connectivity index (χ0n) is 14.4. The minimum atomic E-state index is -0.230. The summed E-state index contributed by atoms with van der Waals surface area (Å²) < 4.78 is 6.92. The molecule has 3 aromatic heterocycles. The highest BCUT2D eigenvalue weighted by Gasteiger charge is 2.15. The fourth-order valence-electron chi connectivity index (χ4n) is 2.70. The van der Waals surface area contributed by atoms with Gasteiger partial charge in [-0.1, -0.05) is 30.3 Å². The van der Waals surface area contributed by atoms with Gasteiger partial charge in [0.15, 0.2) is 0 Å². The van der Waals surface area contributed by atoms with E-state index in [1.807, 2.05) is 56.4 Å². The summed E-state index contributed by atoms with van der Waals surface area (Å²) >= 11 is 0. The number of carbonyl (C=O) groups excluding carboxylic acids is 1. The van der Waals surface area contributed by atoms with Gasteiger partial charge in [0.1, 0.15) is 11.3 Å². The fourth-order valence-corrected chi connectivity index (χ4v) is 2.70. The number of fused-ring (bicyclic) bond motifs is 1. The molecule has 7 heteroatoms. The van der Waals surface area contributed by atoms with Crippen LogP contribution in [0.5, 0.6) is 0 Å². The van der Waals surface area contributed by atoms with E-state index in [4.69, 9.17) is 4.52 Å². The van der Waals surface area contributed by atoms with Crippen LogP contribution in [0.2, 0.25) is 0 Å². The summed E-state index contributed by atoms with van der Waals surface area (Å²) in [5, 5.41) is 6.93. The third-order valence-electron chi connectivity index (χ3n) is 4.16. The van der Waals surface area contributed by atoms with Crippen molar-refractivity contribution in [3.05, 3.63) is 65.9 Å². The van der Waals surface area contributed by atoms with E-state index in [0.717, 1.165) is 16.8 Å². The topological polar surface area (TPSA) is 85.3 Å². The number of hydrogen-bond acceptors (Lipinski definition) is 5. The molecule has 4 aromatic rings. The van der Waals surface area contributed by atoms with E-state index in [-0.39, 0.29) is 5.91 Å². The molecule has 0 spiro atoms. The molecule has 130 valence electrons. The molecule has 0 radical (unpaired) electrons. The SMILES string of the molecule is CCc1nc(-c2ccc(C)c(NC(=O)c3cnc4ccccn34)c2)no1. The first-order valence-electron chi connectivity index (χ1n) is 8.32. The molecule has 0 saturated heterocycles. The second-order valence-electron chi connectivity index (χ2n) is 5.92. The molecule has 7 nitrogen and oxygen atoms in total. The van der Waals surface area contributed by atoms with E-state index in [2.05, 4.69) is 20.4 Å². The molecule has 0 atom stereocenters. The Morgan fingerprint density at radius 3 is 2.96 bits per heavy atom. The van der Waals surface area contributed by atoms with Crippen molar-refractivity contribution in [2.45, 2.75) is 20.3 Å². The molecule has 26 heavy (non-hydrogen) atoms. The lowest BCUT2D eigenvalue weighted by molar-refractivity contribution is 0.102. The van der Waals surface area contributed by atoms with Crippen molar-refractivity contribution >= 4 is 17.2 Å². The largest absolute Gasteiger partial charge is 0.339 e. The second kappa shape index (κ2) is 6.44. The van der Waals surface area contributed by atoms with Crippen LogP contribution in [0.15, 0.2) is 53.3 Å². The molecule has 1 N–H and O–H groups in total. The van der Waals surface area contributed by atoms with Crippen molar-refractivity contribution in [2.75, 3.05) is 5.32 Å². The number of carbonyl (C=O) groups is 1. The zero-order valence-corrected chi connectivity index (χ0v) is 14.4. The van der Waals surface area contributed by atoms with Gasteiger partial charge in [-0.3, -0.25) is 9.20 Å². The van der Waals surface area contributed by atoms with Crippen molar-refractivity contribution in [3.63, 3.8) is 0 Å². The van der Waals surface area contributed by atoms with Crippen molar-refractivity contribution in [1.82, 2.24) is 19.5 Å². The number of benzene rings is 1. The number of aromatic nitrogens is 4. The molecule has 1 amide bonds. The van der Waals surface area contributed by atoms with Crippen LogP contribution in [0.3, 0.4) is 0 Å². The first kappa shape index (κ1) is 16.0. The van der Waals surface area contributed by atoms with Crippen LogP contribution in [-0.2, 0) is 6.42 Å². The Bertz CT molecular complexity index is 1100. The number of hydrogen-bond donors (Lipinski definition) is 1. The average Bonchev–Trinajstić information content (AvgIpc) is 3.30. The molecule has 4 rings (SSSR count). The first-order valence-corrected chi connectivity index (χ1v) is 8.32. The normalized spacial score (nSPS) is 11.0. The van der Waals surface area contributed by atoms with Gasteiger partial charge in [-0.05, 0) is 30.7 Å². The van der Waals surface area contributed by atoms with Gasteiger partial charge in [-0.25, -0.2) is 4.98 Å². The van der Waals surface area contributed by atoms with Crippen LogP contribution < -0.4 is 5.32 Å². The highest BCUT2D eigenvalue weighted by molar-refractivity contribution is 6.04. The Kier molecular flexibility index (Phi) is 3.96. The predicted octanol–water partition coefficient (Wildman–Crippen LogP) is 3.51. The zero-order chi connectivity index (χ0) is 18.1. The number of anilines is 1. The molecule has 3 heterocycles. The number of imidazole rings is 1. The molecule has 0 bridgehead atoms. The third kappa shape index (κ3) is 2.83. The second-order valence-corrected chi connectivity index (χ2v) is 5.92. The number of amides is 1. The summed E-state index contributed by atoms with van der Waals surface area (Å²) in [5.74, 6) is 0.857. The number of aryl methyl sites for hydroxylation is 2. The number of nitrogens with one attached hydrogen (secondary N) is 1. The highest BCUT2D eigenvalue weighted by atomic mass is 16.5. The maximum Gasteiger partial charge on any atom is 0.274 e. The van der Waals surface area contributed by atoms with Crippen molar-refractivity contribution in [1.29, 1.82) is 0 Å². The van der Waals surface area contributed by atoms with Crippen LogP contribution in [0.1, 0.15) is 28.9 Å². The summed E-state index contributed by atoms with van der Waals surface area (Å²) in [6, 6.07) is 11.3. The van der Waals surface area contributed by atoms with Gasteiger partial charge in [0.2, 0.25) is 11.7 Å². The number of rotatable bonds is 4. The Morgan fingerprint density at radius 2 is 2.15 bits per heavy atom. The Balaban J connectivity index is 1.65. The molecular formula is C19H17N5O2. The van der Waals surface area contributed by atoms with Gasteiger partial charge in [-0.2, -0.15) is 4.98 Å². The smallest absolute Gasteiger partial charge is 0.274 e. The quantitative estimate of drug-likeness (QED) is 0.610. The minimum Gasteiger partial charge on any atom is -0.339 e. The van der Waals surface area contributed by atoms with Gasteiger partial charge < -0.3 is 9.84 Å². The fraction of sp³-hybridized carbons (Fsp3) is 0.158. The molecule has 0 saturated carbocycles. The summed E-state index contributed by atoms with van der Waals surface area (Å²) in [7, 11) is 0. The number of nitrogens with zero attached hydrogens (tertiary/aromatic N) is 4. The lowest BCUT2D eigenvalue weighted by atomic mass is 10.1. The summed E-state index contributed by atoms with van der Waals surface area (Å²) in [6.45, 7) is 3.88. The van der Waals surface area contributed by atoms with Gasteiger partial charge in [0, 0.05) is 23.9 Å². The van der Waals surface area contributed by atoms with Crippen LogP contribution in [-0.4, -0.2) is 25.4 Å². The van der Waals surface area contributed by atoms with E-state index in [9.17, 15) is 4.79 Å².